The van der Waals surface area contributed by atoms with Crippen LogP contribution in [0.4, 0.5) is 0 Å². The van der Waals surface area contributed by atoms with E-state index in [1.54, 1.807) is 0 Å². The van der Waals surface area contributed by atoms with Crippen molar-refractivity contribution in [1.29, 1.82) is 0 Å². The van der Waals surface area contributed by atoms with Gasteiger partial charge >= 0.3 is 0 Å². The Balaban J connectivity index is 2.39. The minimum atomic E-state index is 0.207. The van der Waals surface area contributed by atoms with Crippen LogP contribution in [0.3, 0.4) is 0 Å². The predicted octanol–water partition coefficient (Wildman–Crippen LogP) is 3.55. The number of nitrogens with zero attached hydrogens (tertiary/aromatic N) is 1. The molecule has 2 N–H and O–H groups in total. The van der Waals surface area contributed by atoms with E-state index in [9.17, 15) is 0 Å². The van der Waals surface area contributed by atoms with Crippen molar-refractivity contribution < 1.29 is 0 Å². The van der Waals surface area contributed by atoms with Crippen LogP contribution in [-0.4, -0.2) is 29.1 Å². The van der Waals surface area contributed by atoms with E-state index in [-0.39, 0.29) is 11.1 Å². The highest BCUT2D eigenvalue weighted by molar-refractivity contribution is 5.13. The zero-order valence-electron chi connectivity index (χ0n) is 13.1. The zero-order chi connectivity index (χ0) is 13.6. The van der Waals surface area contributed by atoms with E-state index in [1.807, 2.05) is 0 Å². The lowest BCUT2D eigenvalue weighted by molar-refractivity contribution is -0.122. The molecular weight excluding hydrogens is 220 g/mol. The molecule has 1 aliphatic heterocycles. The molecular formula is C16H32N2. The van der Waals surface area contributed by atoms with E-state index < -0.39 is 0 Å². The molecule has 0 aromatic carbocycles. The van der Waals surface area contributed by atoms with Crippen molar-refractivity contribution in [3.05, 3.63) is 0 Å². The average Bonchev–Trinajstić information content (AvgIpc) is 2.52. The maximum atomic E-state index is 6.70. The third-order valence-corrected chi connectivity index (χ3v) is 6.39. The Morgan fingerprint density at radius 1 is 0.944 bits per heavy atom. The van der Waals surface area contributed by atoms with Gasteiger partial charge in [-0.1, -0.05) is 25.7 Å². The van der Waals surface area contributed by atoms with Crippen LogP contribution in [-0.2, 0) is 0 Å². The maximum absolute atomic E-state index is 6.70. The maximum Gasteiger partial charge on any atom is 0.0226 e. The van der Waals surface area contributed by atoms with Gasteiger partial charge in [-0.3, -0.25) is 4.90 Å². The molecule has 1 atom stereocenters. The van der Waals surface area contributed by atoms with Crippen molar-refractivity contribution in [2.75, 3.05) is 7.05 Å². The van der Waals surface area contributed by atoms with Gasteiger partial charge in [-0.05, 0) is 54.0 Å². The van der Waals surface area contributed by atoms with Crippen LogP contribution in [0.25, 0.3) is 0 Å². The summed E-state index contributed by atoms with van der Waals surface area (Å²) >= 11 is 0. The van der Waals surface area contributed by atoms with Crippen LogP contribution >= 0.6 is 0 Å². The summed E-state index contributed by atoms with van der Waals surface area (Å²) in [4.78, 5) is 2.61. The van der Waals surface area contributed by atoms with E-state index >= 15 is 0 Å². The largest absolute Gasteiger partial charge is 0.327 e. The van der Waals surface area contributed by atoms with Gasteiger partial charge in [0.2, 0.25) is 0 Å². The lowest BCUT2D eigenvalue weighted by Crippen LogP contribution is -2.72. The van der Waals surface area contributed by atoms with Crippen LogP contribution < -0.4 is 5.73 Å². The van der Waals surface area contributed by atoms with E-state index in [4.69, 9.17) is 5.73 Å². The van der Waals surface area contributed by atoms with Crippen molar-refractivity contribution in [3.8, 4) is 0 Å². The predicted molar refractivity (Wildman–Crippen MR) is 78.6 cm³/mol. The SMILES string of the molecule is CN1C(C)(C)CC(N)C2(CCCCCC2)C1(C)C. The standard InChI is InChI=1S/C16H32N2/c1-14(2)12-13(17)16(15(3,4)18(14)5)10-8-6-7-9-11-16/h13H,6-12,17H2,1-5H3. The first-order valence-electron chi connectivity index (χ1n) is 7.74. The highest BCUT2D eigenvalue weighted by Crippen LogP contribution is 2.54. The Labute approximate surface area is 113 Å². The molecule has 1 saturated heterocycles. The molecule has 2 rings (SSSR count). The second kappa shape index (κ2) is 4.49. The Morgan fingerprint density at radius 3 is 1.94 bits per heavy atom. The fourth-order valence-electron chi connectivity index (χ4n) is 4.76. The molecule has 106 valence electrons. The first-order valence-corrected chi connectivity index (χ1v) is 7.74. The van der Waals surface area contributed by atoms with Gasteiger partial charge in [0, 0.05) is 22.5 Å². The van der Waals surface area contributed by atoms with E-state index in [1.165, 1.54) is 38.5 Å². The molecule has 18 heavy (non-hydrogen) atoms. The fourth-order valence-corrected chi connectivity index (χ4v) is 4.76. The molecule has 1 spiro atoms. The summed E-state index contributed by atoms with van der Waals surface area (Å²) in [6.07, 6.45) is 9.31. The minimum Gasteiger partial charge on any atom is -0.327 e. The summed E-state index contributed by atoms with van der Waals surface area (Å²) in [5, 5.41) is 0. The molecule has 0 amide bonds. The topological polar surface area (TPSA) is 29.3 Å². The first kappa shape index (κ1) is 14.3. The lowest BCUT2D eigenvalue weighted by Gasteiger charge is -2.64. The van der Waals surface area contributed by atoms with Crippen molar-refractivity contribution in [3.63, 3.8) is 0 Å². The van der Waals surface area contributed by atoms with Crippen LogP contribution in [0, 0.1) is 5.41 Å². The summed E-state index contributed by atoms with van der Waals surface area (Å²) in [6.45, 7) is 9.55. The molecule has 0 aromatic heterocycles. The Morgan fingerprint density at radius 2 is 1.44 bits per heavy atom. The summed E-state index contributed by atoms with van der Waals surface area (Å²) in [6, 6.07) is 0.358. The highest BCUT2D eigenvalue weighted by atomic mass is 15.3. The molecule has 1 saturated carbocycles. The normalized spacial score (nSPS) is 35.3. The van der Waals surface area contributed by atoms with Gasteiger partial charge in [-0.25, -0.2) is 0 Å². The highest BCUT2D eigenvalue weighted by Gasteiger charge is 2.57. The third-order valence-electron chi connectivity index (χ3n) is 6.39. The molecule has 1 heterocycles. The zero-order valence-corrected chi connectivity index (χ0v) is 13.1. The number of hydrogen-bond donors (Lipinski definition) is 1. The van der Waals surface area contributed by atoms with Gasteiger partial charge in [-0.15, -0.1) is 0 Å². The van der Waals surface area contributed by atoms with Gasteiger partial charge in [0.15, 0.2) is 0 Å². The van der Waals surface area contributed by atoms with Crippen molar-refractivity contribution in [2.24, 2.45) is 11.1 Å². The summed E-state index contributed by atoms with van der Waals surface area (Å²) in [5.41, 5.74) is 7.46. The second-order valence-electron chi connectivity index (χ2n) is 7.81. The third kappa shape index (κ3) is 1.92. The van der Waals surface area contributed by atoms with Gasteiger partial charge in [0.25, 0.3) is 0 Å². The second-order valence-corrected chi connectivity index (χ2v) is 7.81. The minimum absolute atomic E-state index is 0.207. The molecule has 2 nitrogen and oxygen atoms in total. The first-order chi connectivity index (χ1) is 8.24. The van der Waals surface area contributed by atoms with E-state index in [2.05, 4.69) is 39.6 Å². The van der Waals surface area contributed by atoms with Crippen LogP contribution in [0.15, 0.2) is 0 Å². The number of nitrogens with two attached hydrogens (primary N) is 1. The Kier molecular flexibility index (Phi) is 3.57. The van der Waals surface area contributed by atoms with Crippen LogP contribution in [0.2, 0.25) is 0 Å². The molecule has 0 radical (unpaired) electrons. The van der Waals surface area contributed by atoms with Crippen LogP contribution in [0.5, 0.6) is 0 Å². The number of hydrogen-bond acceptors (Lipinski definition) is 2. The summed E-state index contributed by atoms with van der Waals surface area (Å²) in [7, 11) is 2.30. The lowest BCUT2D eigenvalue weighted by atomic mass is 9.56. The molecule has 0 bridgehead atoms. The van der Waals surface area contributed by atoms with Gasteiger partial charge in [0.05, 0.1) is 0 Å². The quantitative estimate of drug-likeness (QED) is 0.714. The average molecular weight is 252 g/mol. The fraction of sp³-hybridized carbons (Fsp3) is 1.00. The summed E-state index contributed by atoms with van der Waals surface area (Å²) < 4.78 is 0. The molecule has 0 aromatic rings. The molecule has 2 fully saturated rings. The molecule has 2 aliphatic rings. The number of likely N-dealkylation sites (tertiary alicyclic amines) is 1. The van der Waals surface area contributed by atoms with Crippen molar-refractivity contribution in [2.45, 2.75) is 89.8 Å². The monoisotopic (exact) mass is 252 g/mol. The van der Waals surface area contributed by atoms with Gasteiger partial charge in [0.1, 0.15) is 0 Å². The van der Waals surface area contributed by atoms with Crippen LogP contribution in [0.1, 0.15) is 72.6 Å². The summed E-state index contributed by atoms with van der Waals surface area (Å²) in [5.74, 6) is 0. The van der Waals surface area contributed by atoms with E-state index in [0.717, 1.165) is 6.42 Å². The van der Waals surface area contributed by atoms with E-state index in [0.29, 0.717) is 11.5 Å². The van der Waals surface area contributed by atoms with Crippen molar-refractivity contribution >= 4 is 0 Å². The smallest absolute Gasteiger partial charge is 0.0226 e. The number of rotatable bonds is 0. The Bertz CT molecular complexity index is 298. The molecule has 1 aliphatic carbocycles. The molecule has 1 unspecified atom stereocenters. The van der Waals surface area contributed by atoms with Gasteiger partial charge in [-0.2, -0.15) is 0 Å². The van der Waals surface area contributed by atoms with Crippen molar-refractivity contribution in [1.82, 2.24) is 4.90 Å². The number of piperidine rings is 1. The van der Waals surface area contributed by atoms with Gasteiger partial charge < -0.3 is 5.73 Å². The molecule has 2 heteroatoms. The Hall–Kier alpha value is -0.0800.